The van der Waals surface area contributed by atoms with Crippen LogP contribution in [0, 0.1) is 0 Å². The second-order valence-electron chi connectivity index (χ2n) is 4.81. The van der Waals surface area contributed by atoms with E-state index in [-0.39, 0.29) is 5.41 Å². The average Bonchev–Trinajstić information content (AvgIpc) is 2.46. The largest absolute Gasteiger partial charge is 0.334 e. The minimum atomic E-state index is 0.207. The summed E-state index contributed by atoms with van der Waals surface area (Å²) in [6, 6.07) is 6.48. The average molecular weight is 188 g/mol. The lowest BCUT2D eigenvalue weighted by atomic mass is 9.87. The van der Waals surface area contributed by atoms with Gasteiger partial charge >= 0.3 is 0 Å². The topological polar surface area (TPSA) is 17.8 Å². The standard InChI is InChI=1S/C12H16N2/c1-12(2,3)9-5-6-10-11(7-9)14(4)8-13-10/h5-8H,1-4H3. The van der Waals surface area contributed by atoms with Crippen molar-refractivity contribution < 1.29 is 0 Å². The van der Waals surface area contributed by atoms with E-state index in [1.807, 2.05) is 13.4 Å². The summed E-state index contributed by atoms with van der Waals surface area (Å²) < 4.78 is 2.06. The van der Waals surface area contributed by atoms with E-state index in [2.05, 4.69) is 48.5 Å². The van der Waals surface area contributed by atoms with Gasteiger partial charge in [-0.3, -0.25) is 0 Å². The highest BCUT2D eigenvalue weighted by atomic mass is 15.0. The molecule has 2 rings (SSSR count). The van der Waals surface area contributed by atoms with Crippen LogP contribution in [0.3, 0.4) is 0 Å². The normalized spacial score (nSPS) is 12.3. The van der Waals surface area contributed by atoms with Crippen LogP contribution in [0.5, 0.6) is 0 Å². The van der Waals surface area contributed by atoms with Gasteiger partial charge in [0.15, 0.2) is 0 Å². The third kappa shape index (κ3) is 1.41. The van der Waals surface area contributed by atoms with Crippen LogP contribution in [-0.4, -0.2) is 9.55 Å². The monoisotopic (exact) mass is 188 g/mol. The molecule has 0 radical (unpaired) electrons. The van der Waals surface area contributed by atoms with E-state index in [9.17, 15) is 0 Å². The Morgan fingerprint density at radius 1 is 1.21 bits per heavy atom. The summed E-state index contributed by atoms with van der Waals surface area (Å²) >= 11 is 0. The van der Waals surface area contributed by atoms with Crippen molar-refractivity contribution in [1.82, 2.24) is 9.55 Å². The molecular formula is C12H16N2. The van der Waals surface area contributed by atoms with Crippen molar-refractivity contribution in [3.8, 4) is 0 Å². The molecule has 1 heterocycles. The molecule has 2 aromatic rings. The lowest BCUT2D eigenvalue weighted by molar-refractivity contribution is 0.591. The third-order valence-corrected chi connectivity index (χ3v) is 2.59. The molecule has 0 N–H and O–H groups in total. The van der Waals surface area contributed by atoms with Gasteiger partial charge in [-0.15, -0.1) is 0 Å². The molecule has 0 aliphatic rings. The molecule has 0 fully saturated rings. The van der Waals surface area contributed by atoms with E-state index in [0.29, 0.717) is 0 Å². The van der Waals surface area contributed by atoms with Crippen molar-refractivity contribution >= 4 is 11.0 Å². The maximum atomic E-state index is 4.30. The van der Waals surface area contributed by atoms with E-state index in [1.54, 1.807) is 0 Å². The van der Waals surface area contributed by atoms with Crippen LogP contribution >= 0.6 is 0 Å². The Hall–Kier alpha value is -1.31. The molecule has 0 atom stereocenters. The fourth-order valence-corrected chi connectivity index (χ4v) is 1.59. The van der Waals surface area contributed by atoms with E-state index in [4.69, 9.17) is 0 Å². The number of aromatic nitrogens is 2. The Balaban J connectivity index is 2.66. The molecule has 0 saturated carbocycles. The molecule has 0 unspecified atom stereocenters. The van der Waals surface area contributed by atoms with Gasteiger partial charge in [-0.2, -0.15) is 0 Å². The fourth-order valence-electron chi connectivity index (χ4n) is 1.59. The molecule has 0 amide bonds. The van der Waals surface area contributed by atoms with Gasteiger partial charge in [0, 0.05) is 7.05 Å². The number of fused-ring (bicyclic) bond motifs is 1. The number of imidazole rings is 1. The van der Waals surface area contributed by atoms with Crippen LogP contribution < -0.4 is 0 Å². The van der Waals surface area contributed by atoms with Gasteiger partial charge in [-0.05, 0) is 23.1 Å². The third-order valence-electron chi connectivity index (χ3n) is 2.59. The smallest absolute Gasteiger partial charge is 0.0955 e. The molecule has 0 aliphatic heterocycles. The number of rotatable bonds is 0. The summed E-state index contributed by atoms with van der Waals surface area (Å²) in [4.78, 5) is 4.30. The van der Waals surface area contributed by atoms with E-state index in [1.165, 1.54) is 11.1 Å². The quantitative estimate of drug-likeness (QED) is 0.621. The molecule has 2 heteroatoms. The van der Waals surface area contributed by atoms with Crippen molar-refractivity contribution in [2.75, 3.05) is 0 Å². The summed E-state index contributed by atoms with van der Waals surface area (Å²) in [5.41, 5.74) is 3.84. The van der Waals surface area contributed by atoms with Crippen LogP contribution in [0.25, 0.3) is 11.0 Å². The first kappa shape index (κ1) is 9.25. The zero-order valence-electron chi connectivity index (χ0n) is 9.20. The maximum Gasteiger partial charge on any atom is 0.0955 e. The number of hydrogen-bond acceptors (Lipinski definition) is 1. The summed E-state index contributed by atoms with van der Waals surface area (Å²) in [7, 11) is 2.03. The molecule has 74 valence electrons. The van der Waals surface area contributed by atoms with Crippen molar-refractivity contribution in [1.29, 1.82) is 0 Å². The first-order valence-corrected chi connectivity index (χ1v) is 4.90. The summed E-state index contributed by atoms with van der Waals surface area (Å²) in [5, 5.41) is 0. The molecule has 1 aromatic heterocycles. The molecule has 0 saturated heterocycles. The summed E-state index contributed by atoms with van der Waals surface area (Å²) in [6.45, 7) is 6.68. The zero-order chi connectivity index (χ0) is 10.3. The van der Waals surface area contributed by atoms with Gasteiger partial charge in [-0.1, -0.05) is 26.8 Å². The first-order valence-electron chi connectivity index (χ1n) is 4.90. The van der Waals surface area contributed by atoms with Gasteiger partial charge in [0.05, 0.1) is 17.4 Å². The van der Waals surface area contributed by atoms with Gasteiger partial charge in [-0.25, -0.2) is 4.98 Å². The zero-order valence-corrected chi connectivity index (χ0v) is 9.20. The molecule has 14 heavy (non-hydrogen) atoms. The van der Waals surface area contributed by atoms with Crippen molar-refractivity contribution in [2.24, 2.45) is 7.05 Å². The van der Waals surface area contributed by atoms with Crippen LogP contribution in [0.15, 0.2) is 24.5 Å². The first-order chi connectivity index (χ1) is 6.48. The molecule has 0 bridgehead atoms. The van der Waals surface area contributed by atoms with Crippen molar-refractivity contribution in [2.45, 2.75) is 26.2 Å². The Morgan fingerprint density at radius 2 is 1.93 bits per heavy atom. The highest BCUT2D eigenvalue weighted by molar-refractivity contribution is 5.76. The predicted octanol–water partition coefficient (Wildman–Crippen LogP) is 2.87. The number of hydrogen-bond donors (Lipinski definition) is 0. The van der Waals surface area contributed by atoms with Gasteiger partial charge in [0.2, 0.25) is 0 Å². The summed E-state index contributed by atoms with van der Waals surface area (Å²) in [6.07, 6.45) is 1.86. The Bertz CT molecular complexity index is 461. The van der Waals surface area contributed by atoms with Crippen molar-refractivity contribution in [3.63, 3.8) is 0 Å². The van der Waals surface area contributed by atoms with Crippen LogP contribution in [-0.2, 0) is 12.5 Å². The Morgan fingerprint density at radius 3 is 2.57 bits per heavy atom. The predicted molar refractivity (Wildman–Crippen MR) is 59.4 cm³/mol. The Kier molecular flexibility index (Phi) is 1.88. The number of nitrogens with zero attached hydrogens (tertiary/aromatic N) is 2. The molecule has 0 spiro atoms. The minimum Gasteiger partial charge on any atom is -0.334 e. The maximum absolute atomic E-state index is 4.30. The minimum absolute atomic E-state index is 0.207. The molecule has 2 nitrogen and oxygen atoms in total. The van der Waals surface area contributed by atoms with E-state index in [0.717, 1.165) is 5.52 Å². The van der Waals surface area contributed by atoms with Crippen molar-refractivity contribution in [3.05, 3.63) is 30.1 Å². The van der Waals surface area contributed by atoms with Gasteiger partial charge in [0.1, 0.15) is 0 Å². The molecular weight excluding hydrogens is 172 g/mol. The molecule has 1 aromatic carbocycles. The fraction of sp³-hybridized carbons (Fsp3) is 0.417. The Labute approximate surface area is 84.6 Å². The van der Waals surface area contributed by atoms with Gasteiger partial charge < -0.3 is 4.57 Å². The lowest BCUT2D eigenvalue weighted by Crippen LogP contribution is -2.10. The number of benzene rings is 1. The van der Waals surface area contributed by atoms with E-state index >= 15 is 0 Å². The molecule has 0 aliphatic carbocycles. The lowest BCUT2D eigenvalue weighted by Gasteiger charge is -2.18. The van der Waals surface area contributed by atoms with Crippen LogP contribution in [0.4, 0.5) is 0 Å². The highest BCUT2D eigenvalue weighted by Gasteiger charge is 2.14. The SMILES string of the molecule is Cn1cnc2ccc(C(C)(C)C)cc21. The van der Waals surface area contributed by atoms with E-state index < -0.39 is 0 Å². The highest BCUT2D eigenvalue weighted by Crippen LogP contribution is 2.25. The number of aryl methyl sites for hydroxylation is 1. The van der Waals surface area contributed by atoms with Crippen LogP contribution in [0.1, 0.15) is 26.3 Å². The van der Waals surface area contributed by atoms with Crippen LogP contribution in [0.2, 0.25) is 0 Å². The second-order valence-corrected chi connectivity index (χ2v) is 4.81. The second kappa shape index (κ2) is 2.84. The van der Waals surface area contributed by atoms with Gasteiger partial charge in [0.25, 0.3) is 0 Å². The summed E-state index contributed by atoms with van der Waals surface area (Å²) in [5.74, 6) is 0.